The Morgan fingerprint density at radius 2 is 1.56 bits per heavy atom. The van der Waals surface area contributed by atoms with E-state index >= 15 is 0 Å². The molecule has 0 radical (unpaired) electrons. The molecular weight excluding hydrogens is 613 g/mol. The fourth-order valence-electron chi connectivity index (χ4n) is 1.57. The molecule has 27 heavy (non-hydrogen) atoms. The van der Waals surface area contributed by atoms with Gasteiger partial charge < -0.3 is 14.6 Å². The van der Waals surface area contributed by atoms with Gasteiger partial charge >= 0.3 is 30.0 Å². The van der Waals surface area contributed by atoms with Crippen molar-refractivity contribution in [1.82, 2.24) is 0 Å². The van der Waals surface area contributed by atoms with E-state index in [0.717, 1.165) is 6.07 Å². The first-order valence-corrected chi connectivity index (χ1v) is 8.79. The fraction of sp³-hybridized carbons (Fsp3) is 0.357. The first-order chi connectivity index (χ1) is 12.0. The van der Waals surface area contributed by atoms with Crippen molar-refractivity contribution in [2.45, 2.75) is 31.5 Å². The standard InChI is InChI=1S/C14H9F5I2O6/c1-12(2,13(15,16)10(23)24)27-9(22)6-3-5(20)4-7(21)8(6)26-11(25)14(17,18)19/h3-4H,1-2H3,(H,23,24). The van der Waals surface area contributed by atoms with Gasteiger partial charge in [-0.25, -0.2) is 14.4 Å². The van der Waals surface area contributed by atoms with Crippen molar-refractivity contribution in [2.75, 3.05) is 0 Å². The van der Waals surface area contributed by atoms with Crippen molar-refractivity contribution < 1.29 is 50.9 Å². The molecule has 1 rings (SSSR count). The Bertz CT molecular complexity index is 791. The van der Waals surface area contributed by atoms with Gasteiger partial charge in [-0.3, -0.25) is 0 Å². The van der Waals surface area contributed by atoms with E-state index in [0.29, 0.717) is 17.4 Å². The van der Waals surface area contributed by atoms with Crippen LogP contribution in [-0.4, -0.2) is 40.7 Å². The quantitative estimate of drug-likeness (QED) is 0.231. The third kappa shape index (κ3) is 5.39. The number of aliphatic carboxylic acids is 1. The van der Waals surface area contributed by atoms with Gasteiger partial charge in [-0.15, -0.1) is 0 Å². The van der Waals surface area contributed by atoms with Gasteiger partial charge in [-0.1, -0.05) is 0 Å². The predicted octanol–water partition coefficient (Wildman–Crippen LogP) is 4.02. The number of carboxylic acid groups (broad SMARTS) is 1. The summed E-state index contributed by atoms with van der Waals surface area (Å²) in [6.45, 7) is 1.22. The van der Waals surface area contributed by atoms with E-state index in [1.54, 1.807) is 22.6 Å². The molecule has 1 aromatic rings. The lowest BCUT2D eigenvalue weighted by molar-refractivity contribution is -0.200. The predicted molar refractivity (Wildman–Crippen MR) is 95.6 cm³/mol. The lowest BCUT2D eigenvalue weighted by Gasteiger charge is -2.30. The Morgan fingerprint density at radius 1 is 1.04 bits per heavy atom. The average molecular weight is 622 g/mol. The summed E-state index contributed by atoms with van der Waals surface area (Å²) in [6, 6.07) is 2.20. The lowest BCUT2D eigenvalue weighted by atomic mass is 10.0. The highest BCUT2D eigenvalue weighted by molar-refractivity contribution is 14.1. The maximum Gasteiger partial charge on any atom is 0.491 e. The Morgan fingerprint density at radius 3 is 2.00 bits per heavy atom. The highest BCUT2D eigenvalue weighted by Crippen LogP contribution is 2.36. The number of esters is 2. The van der Waals surface area contributed by atoms with Crippen LogP contribution in [0.4, 0.5) is 22.0 Å². The van der Waals surface area contributed by atoms with Crippen LogP contribution >= 0.6 is 45.2 Å². The molecule has 0 atom stereocenters. The highest BCUT2D eigenvalue weighted by Gasteiger charge is 2.57. The highest BCUT2D eigenvalue weighted by atomic mass is 127. The average Bonchev–Trinajstić information content (AvgIpc) is 2.47. The normalized spacial score (nSPS) is 12.5. The van der Waals surface area contributed by atoms with E-state index in [1.807, 2.05) is 0 Å². The monoisotopic (exact) mass is 622 g/mol. The SMILES string of the molecule is CC(C)(OC(=O)c1cc(I)cc(I)c1OC(=O)C(F)(F)F)C(F)(F)C(=O)O. The third-order valence-electron chi connectivity index (χ3n) is 3.03. The molecule has 0 aliphatic heterocycles. The van der Waals surface area contributed by atoms with Gasteiger partial charge in [0.25, 0.3) is 0 Å². The minimum atomic E-state index is -5.37. The summed E-state index contributed by atoms with van der Waals surface area (Å²) in [6.07, 6.45) is -5.37. The number of ether oxygens (including phenoxy) is 2. The number of hydrogen-bond donors (Lipinski definition) is 1. The smallest absolute Gasteiger partial charge is 0.477 e. The van der Waals surface area contributed by atoms with Gasteiger partial charge in [-0.2, -0.15) is 22.0 Å². The molecule has 1 aromatic carbocycles. The number of alkyl halides is 5. The van der Waals surface area contributed by atoms with E-state index in [1.165, 1.54) is 28.7 Å². The topological polar surface area (TPSA) is 89.9 Å². The van der Waals surface area contributed by atoms with E-state index in [-0.39, 0.29) is 3.57 Å². The number of carbonyl (C=O) groups is 3. The maximum atomic E-state index is 13.7. The molecule has 0 unspecified atom stereocenters. The van der Waals surface area contributed by atoms with Crippen LogP contribution in [0.25, 0.3) is 0 Å². The Hall–Kier alpha value is -1.26. The summed E-state index contributed by atoms with van der Waals surface area (Å²) in [5.41, 5.74) is -3.60. The first-order valence-electron chi connectivity index (χ1n) is 6.63. The number of carbonyl (C=O) groups excluding carboxylic acids is 2. The van der Waals surface area contributed by atoms with Gasteiger partial charge in [0.05, 0.1) is 3.57 Å². The van der Waals surface area contributed by atoms with Gasteiger partial charge in [0.2, 0.25) is 0 Å². The molecule has 0 amide bonds. The Labute approximate surface area is 175 Å². The van der Waals surface area contributed by atoms with Crippen molar-refractivity contribution >= 4 is 63.1 Å². The first kappa shape index (κ1) is 23.8. The summed E-state index contributed by atoms with van der Waals surface area (Å²) in [5, 5.41) is 8.57. The van der Waals surface area contributed by atoms with Crippen LogP contribution in [-0.2, 0) is 14.3 Å². The molecule has 0 saturated carbocycles. The minimum absolute atomic E-state index is 0.105. The zero-order valence-electron chi connectivity index (χ0n) is 13.3. The molecule has 0 bridgehead atoms. The van der Waals surface area contributed by atoms with Crippen molar-refractivity contribution in [3.63, 3.8) is 0 Å². The van der Waals surface area contributed by atoms with Crippen molar-refractivity contribution in [3.8, 4) is 5.75 Å². The van der Waals surface area contributed by atoms with E-state index in [4.69, 9.17) is 5.11 Å². The summed E-state index contributed by atoms with van der Waals surface area (Å²) in [4.78, 5) is 34.0. The van der Waals surface area contributed by atoms with Crippen LogP contribution in [0.15, 0.2) is 12.1 Å². The van der Waals surface area contributed by atoms with E-state index in [9.17, 15) is 36.3 Å². The second kappa shape index (κ2) is 8.00. The molecule has 0 aromatic heterocycles. The zero-order valence-corrected chi connectivity index (χ0v) is 17.6. The van der Waals surface area contributed by atoms with Crippen LogP contribution in [0, 0.1) is 7.14 Å². The second-order valence-electron chi connectivity index (χ2n) is 5.43. The maximum absolute atomic E-state index is 13.7. The Kier molecular flexibility index (Phi) is 7.05. The van der Waals surface area contributed by atoms with Gasteiger partial charge in [0.15, 0.2) is 11.4 Å². The molecule has 13 heteroatoms. The van der Waals surface area contributed by atoms with E-state index < -0.39 is 46.9 Å². The molecule has 0 fully saturated rings. The van der Waals surface area contributed by atoms with Crippen molar-refractivity contribution in [3.05, 3.63) is 24.8 Å². The second-order valence-corrected chi connectivity index (χ2v) is 7.84. The molecule has 0 aliphatic carbocycles. The summed E-state index contributed by atoms with van der Waals surface area (Å²) in [5.74, 6) is -12.1. The number of rotatable bonds is 5. The van der Waals surface area contributed by atoms with Gasteiger partial charge in [-0.05, 0) is 71.2 Å². The fourth-order valence-corrected chi connectivity index (χ4v) is 3.53. The van der Waals surface area contributed by atoms with Crippen LogP contribution in [0.3, 0.4) is 0 Å². The number of carboxylic acids is 1. The van der Waals surface area contributed by atoms with Crippen LogP contribution in [0.1, 0.15) is 24.2 Å². The molecule has 6 nitrogen and oxygen atoms in total. The number of halogens is 7. The van der Waals surface area contributed by atoms with Crippen LogP contribution in [0.2, 0.25) is 0 Å². The molecule has 0 heterocycles. The molecule has 1 N–H and O–H groups in total. The van der Waals surface area contributed by atoms with Gasteiger partial charge in [0.1, 0.15) is 5.56 Å². The molecule has 0 saturated heterocycles. The van der Waals surface area contributed by atoms with Crippen molar-refractivity contribution in [1.29, 1.82) is 0 Å². The third-order valence-corrected chi connectivity index (χ3v) is 4.45. The number of benzene rings is 1. The molecule has 0 aliphatic rings. The number of hydrogen-bond acceptors (Lipinski definition) is 5. The largest absolute Gasteiger partial charge is 0.491 e. The summed E-state index contributed by atoms with van der Waals surface area (Å²) < 4.78 is 73.6. The molecule has 150 valence electrons. The lowest BCUT2D eigenvalue weighted by Crippen LogP contribution is -2.51. The van der Waals surface area contributed by atoms with E-state index in [2.05, 4.69) is 9.47 Å². The van der Waals surface area contributed by atoms with Gasteiger partial charge in [0, 0.05) is 3.57 Å². The summed E-state index contributed by atoms with van der Waals surface area (Å²) in [7, 11) is 0. The zero-order chi connectivity index (χ0) is 21.4. The van der Waals surface area contributed by atoms with Crippen LogP contribution < -0.4 is 4.74 Å². The Balaban J connectivity index is 3.35. The molecule has 0 spiro atoms. The molecular formula is C14H9F5I2O6. The minimum Gasteiger partial charge on any atom is -0.477 e. The summed E-state index contributed by atoms with van der Waals surface area (Å²) >= 11 is 3.15. The van der Waals surface area contributed by atoms with Crippen molar-refractivity contribution in [2.24, 2.45) is 0 Å². The van der Waals surface area contributed by atoms with Crippen LogP contribution in [0.5, 0.6) is 5.75 Å².